The Morgan fingerprint density at radius 1 is 1.25 bits per heavy atom. The summed E-state index contributed by atoms with van der Waals surface area (Å²) in [5.41, 5.74) is 1.08. The van der Waals surface area contributed by atoms with E-state index < -0.39 is 0 Å². The van der Waals surface area contributed by atoms with Crippen LogP contribution in [0.5, 0.6) is 0 Å². The third-order valence-electron chi connectivity index (χ3n) is 3.44. The minimum absolute atomic E-state index is 0.281. The van der Waals surface area contributed by atoms with Gasteiger partial charge in [0, 0.05) is 32.2 Å². The van der Waals surface area contributed by atoms with Crippen molar-refractivity contribution in [1.29, 1.82) is 0 Å². The Morgan fingerprint density at radius 3 is 2.35 bits per heavy atom. The molecule has 0 aliphatic carbocycles. The van der Waals surface area contributed by atoms with E-state index in [1.54, 1.807) is 7.11 Å². The maximum absolute atomic E-state index is 5.28. The van der Waals surface area contributed by atoms with Gasteiger partial charge < -0.3 is 15.0 Å². The smallest absolute Gasteiger partial charge is 0.137 e. The van der Waals surface area contributed by atoms with Crippen molar-refractivity contribution < 1.29 is 4.74 Å². The molecule has 0 saturated carbocycles. The Kier molecular flexibility index (Phi) is 6.20. The predicted molar refractivity (Wildman–Crippen MR) is 84.8 cm³/mol. The monoisotopic (exact) mass is 280 g/mol. The van der Waals surface area contributed by atoms with Crippen LogP contribution in [0.25, 0.3) is 0 Å². The van der Waals surface area contributed by atoms with E-state index in [4.69, 9.17) is 9.72 Å². The molecule has 1 aromatic heterocycles. The van der Waals surface area contributed by atoms with Crippen LogP contribution in [0.15, 0.2) is 0 Å². The SMILES string of the molecule is CCN(c1nc(C(C)C)nc(NC)c1C)C(C)COC. The Balaban J connectivity index is 3.29. The van der Waals surface area contributed by atoms with Crippen LogP contribution in [0, 0.1) is 6.92 Å². The zero-order valence-electron chi connectivity index (χ0n) is 13.8. The second-order valence-electron chi connectivity index (χ2n) is 5.37. The van der Waals surface area contributed by atoms with Gasteiger partial charge in [0.15, 0.2) is 0 Å². The summed E-state index contributed by atoms with van der Waals surface area (Å²) in [6, 6.07) is 0.281. The lowest BCUT2D eigenvalue weighted by atomic mass is 10.1. The number of hydrogen-bond acceptors (Lipinski definition) is 5. The molecule has 0 fully saturated rings. The quantitative estimate of drug-likeness (QED) is 0.832. The molecular formula is C15H28N4O. The van der Waals surface area contributed by atoms with E-state index >= 15 is 0 Å². The summed E-state index contributed by atoms with van der Waals surface area (Å²) < 4.78 is 5.28. The second-order valence-corrected chi connectivity index (χ2v) is 5.37. The van der Waals surface area contributed by atoms with Crippen LogP contribution in [0.2, 0.25) is 0 Å². The van der Waals surface area contributed by atoms with Gasteiger partial charge in [-0.3, -0.25) is 0 Å². The molecule has 1 unspecified atom stereocenters. The van der Waals surface area contributed by atoms with E-state index in [0.717, 1.165) is 29.6 Å². The van der Waals surface area contributed by atoms with Crippen molar-refractivity contribution in [3.05, 3.63) is 11.4 Å². The van der Waals surface area contributed by atoms with E-state index in [1.165, 1.54) is 0 Å². The number of aromatic nitrogens is 2. The first-order valence-corrected chi connectivity index (χ1v) is 7.28. The highest BCUT2D eigenvalue weighted by atomic mass is 16.5. The summed E-state index contributed by atoms with van der Waals surface area (Å²) in [4.78, 5) is 11.6. The van der Waals surface area contributed by atoms with Gasteiger partial charge in [-0.15, -0.1) is 0 Å². The van der Waals surface area contributed by atoms with Gasteiger partial charge in [0.25, 0.3) is 0 Å². The fourth-order valence-electron chi connectivity index (χ4n) is 2.30. The lowest BCUT2D eigenvalue weighted by Gasteiger charge is -2.31. The highest BCUT2D eigenvalue weighted by molar-refractivity contribution is 5.59. The molecule has 20 heavy (non-hydrogen) atoms. The van der Waals surface area contributed by atoms with Crippen molar-refractivity contribution in [2.45, 2.75) is 46.6 Å². The van der Waals surface area contributed by atoms with Gasteiger partial charge in [0.1, 0.15) is 17.5 Å². The normalized spacial score (nSPS) is 12.6. The molecule has 0 aliphatic rings. The number of hydrogen-bond donors (Lipinski definition) is 1. The van der Waals surface area contributed by atoms with Crippen LogP contribution in [0.1, 0.15) is 45.0 Å². The molecule has 0 saturated heterocycles. The van der Waals surface area contributed by atoms with Crippen molar-refractivity contribution >= 4 is 11.6 Å². The lowest BCUT2D eigenvalue weighted by molar-refractivity contribution is 0.181. The summed E-state index contributed by atoms with van der Waals surface area (Å²) in [5.74, 6) is 3.08. The summed E-state index contributed by atoms with van der Waals surface area (Å²) >= 11 is 0. The fourth-order valence-corrected chi connectivity index (χ4v) is 2.30. The molecule has 0 bridgehead atoms. The number of likely N-dealkylation sites (N-methyl/N-ethyl adjacent to an activating group) is 1. The number of rotatable bonds is 7. The second kappa shape index (κ2) is 7.43. The summed E-state index contributed by atoms with van der Waals surface area (Å²) in [5, 5.41) is 3.17. The first-order chi connectivity index (χ1) is 9.46. The van der Waals surface area contributed by atoms with Crippen molar-refractivity contribution in [3.8, 4) is 0 Å². The van der Waals surface area contributed by atoms with Crippen LogP contribution in [-0.4, -0.2) is 43.3 Å². The van der Waals surface area contributed by atoms with Crippen LogP contribution in [-0.2, 0) is 4.74 Å². The summed E-state index contributed by atoms with van der Waals surface area (Å²) in [6.45, 7) is 12.2. The zero-order chi connectivity index (χ0) is 15.3. The number of nitrogens with zero attached hydrogens (tertiary/aromatic N) is 3. The molecule has 5 heteroatoms. The fraction of sp³-hybridized carbons (Fsp3) is 0.733. The lowest BCUT2D eigenvalue weighted by Crippen LogP contribution is -2.37. The zero-order valence-corrected chi connectivity index (χ0v) is 13.8. The average molecular weight is 280 g/mol. The van der Waals surface area contributed by atoms with Crippen molar-refractivity contribution in [2.75, 3.05) is 37.5 Å². The van der Waals surface area contributed by atoms with Crippen molar-refractivity contribution in [3.63, 3.8) is 0 Å². The molecular weight excluding hydrogens is 252 g/mol. The molecule has 1 atom stereocenters. The average Bonchev–Trinajstić information content (AvgIpc) is 2.41. The van der Waals surface area contributed by atoms with Crippen LogP contribution >= 0.6 is 0 Å². The van der Waals surface area contributed by atoms with Crippen LogP contribution in [0.3, 0.4) is 0 Å². The van der Waals surface area contributed by atoms with Crippen molar-refractivity contribution in [2.24, 2.45) is 0 Å². The number of nitrogens with one attached hydrogen (secondary N) is 1. The van der Waals surface area contributed by atoms with Gasteiger partial charge in [0.2, 0.25) is 0 Å². The molecule has 0 radical (unpaired) electrons. The number of anilines is 2. The van der Waals surface area contributed by atoms with Gasteiger partial charge in [0.05, 0.1) is 12.6 Å². The molecule has 0 aromatic carbocycles. The Hall–Kier alpha value is -1.36. The van der Waals surface area contributed by atoms with Crippen LogP contribution in [0.4, 0.5) is 11.6 Å². The molecule has 0 spiro atoms. The van der Waals surface area contributed by atoms with Gasteiger partial charge in [-0.1, -0.05) is 13.8 Å². The van der Waals surface area contributed by atoms with Gasteiger partial charge in [-0.25, -0.2) is 9.97 Å². The Bertz CT molecular complexity index is 434. The molecule has 114 valence electrons. The molecule has 1 heterocycles. The molecule has 1 N–H and O–H groups in total. The van der Waals surface area contributed by atoms with E-state index in [-0.39, 0.29) is 6.04 Å². The highest BCUT2D eigenvalue weighted by Gasteiger charge is 2.20. The highest BCUT2D eigenvalue weighted by Crippen LogP contribution is 2.27. The Morgan fingerprint density at radius 2 is 1.90 bits per heavy atom. The maximum atomic E-state index is 5.28. The number of ether oxygens (including phenoxy) is 1. The molecule has 0 amide bonds. The molecule has 1 rings (SSSR count). The van der Waals surface area contributed by atoms with Gasteiger partial charge in [-0.2, -0.15) is 0 Å². The predicted octanol–water partition coefficient (Wildman–Crippen LogP) is 2.81. The molecule has 0 aliphatic heterocycles. The molecule has 5 nitrogen and oxygen atoms in total. The summed E-state index contributed by atoms with van der Waals surface area (Å²) in [6.07, 6.45) is 0. The minimum atomic E-state index is 0.281. The third kappa shape index (κ3) is 3.60. The third-order valence-corrected chi connectivity index (χ3v) is 3.44. The van der Waals surface area contributed by atoms with E-state index in [9.17, 15) is 0 Å². The maximum Gasteiger partial charge on any atom is 0.137 e. The Labute approximate surface area is 122 Å². The van der Waals surface area contributed by atoms with E-state index in [2.05, 4.69) is 49.8 Å². The minimum Gasteiger partial charge on any atom is -0.383 e. The standard InChI is InChI=1S/C15H28N4O/c1-8-19(11(4)9-20-7)15-12(5)14(16-6)17-13(18-15)10(2)3/h10-11H,8-9H2,1-7H3,(H,16,17,18). The first kappa shape index (κ1) is 16.7. The largest absolute Gasteiger partial charge is 0.383 e. The van der Waals surface area contributed by atoms with Crippen LogP contribution < -0.4 is 10.2 Å². The molecule has 1 aromatic rings. The topological polar surface area (TPSA) is 50.3 Å². The summed E-state index contributed by atoms with van der Waals surface area (Å²) in [7, 11) is 3.63. The van der Waals surface area contributed by atoms with Gasteiger partial charge >= 0.3 is 0 Å². The van der Waals surface area contributed by atoms with Gasteiger partial charge in [-0.05, 0) is 20.8 Å². The number of methoxy groups -OCH3 is 1. The van der Waals surface area contributed by atoms with Crippen molar-refractivity contribution in [1.82, 2.24) is 9.97 Å². The van der Waals surface area contributed by atoms with E-state index in [1.807, 2.05) is 7.05 Å². The van der Waals surface area contributed by atoms with E-state index in [0.29, 0.717) is 12.5 Å². The first-order valence-electron chi connectivity index (χ1n) is 7.28.